The molecule has 192 valence electrons. The van der Waals surface area contributed by atoms with E-state index in [0.29, 0.717) is 45.5 Å². The number of allylic oxidation sites excluding steroid dienone is 1. The van der Waals surface area contributed by atoms with Crippen LogP contribution in [0.3, 0.4) is 0 Å². The Morgan fingerprint density at radius 1 is 0.842 bits per heavy atom. The quantitative estimate of drug-likeness (QED) is 0.321. The number of rotatable bonds is 7. The number of methoxy groups -OCH3 is 2. The maximum Gasteiger partial charge on any atom is 0.261 e. The Bertz CT molecular complexity index is 1510. The summed E-state index contributed by atoms with van der Waals surface area (Å²) in [5.74, 6) is 0.940. The molecule has 0 radical (unpaired) electrons. The molecular formula is C29H27N5O4. The zero-order valence-corrected chi connectivity index (χ0v) is 21.2. The van der Waals surface area contributed by atoms with E-state index in [4.69, 9.17) is 9.47 Å². The maximum absolute atomic E-state index is 13.6. The van der Waals surface area contributed by atoms with Gasteiger partial charge in [-0.3, -0.25) is 9.59 Å². The summed E-state index contributed by atoms with van der Waals surface area (Å²) >= 11 is 0. The zero-order valence-electron chi connectivity index (χ0n) is 21.2. The molecule has 38 heavy (non-hydrogen) atoms. The Morgan fingerprint density at radius 3 is 2.05 bits per heavy atom. The van der Waals surface area contributed by atoms with E-state index in [2.05, 4.69) is 21.0 Å². The van der Waals surface area contributed by atoms with Crippen molar-refractivity contribution in [3.8, 4) is 11.5 Å². The summed E-state index contributed by atoms with van der Waals surface area (Å²) in [4.78, 5) is 26.8. The molecule has 1 aliphatic heterocycles. The van der Waals surface area contributed by atoms with Gasteiger partial charge in [0, 0.05) is 17.1 Å². The molecule has 0 fully saturated rings. The Labute approximate surface area is 220 Å². The van der Waals surface area contributed by atoms with Gasteiger partial charge in [-0.05, 0) is 48.9 Å². The van der Waals surface area contributed by atoms with Crippen LogP contribution in [0.5, 0.6) is 11.5 Å². The predicted octanol–water partition coefficient (Wildman–Crippen LogP) is 5.08. The Kier molecular flexibility index (Phi) is 6.82. The summed E-state index contributed by atoms with van der Waals surface area (Å²) < 4.78 is 12.6. The van der Waals surface area contributed by atoms with Crippen LogP contribution in [-0.4, -0.2) is 35.8 Å². The number of hydrogen-bond acceptors (Lipinski definition) is 6. The van der Waals surface area contributed by atoms with Crippen molar-refractivity contribution in [1.29, 1.82) is 0 Å². The Hall–Kier alpha value is -5.05. The van der Waals surface area contributed by atoms with Crippen molar-refractivity contribution in [2.45, 2.75) is 13.0 Å². The van der Waals surface area contributed by atoms with Crippen LogP contribution < -0.4 is 25.4 Å². The number of nitrogens with zero attached hydrogens (tertiary/aromatic N) is 2. The third-order valence-electron chi connectivity index (χ3n) is 6.30. The number of fused-ring (bicyclic) bond motifs is 1. The minimum Gasteiger partial charge on any atom is -0.493 e. The Morgan fingerprint density at radius 2 is 1.45 bits per heavy atom. The van der Waals surface area contributed by atoms with Crippen LogP contribution in [0.1, 0.15) is 28.9 Å². The molecule has 0 unspecified atom stereocenters. The molecule has 2 amide bonds. The van der Waals surface area contributed by atoms with E-state index in [1.807, 2.05) is 79.7 Å². The minimum atomic E-state index is -0.645. The van der Waals surface area contributed by atoms with Crippen molar-refractivity contribution in [3.63, 3.8) is 0 Å². The smallest absolute Gasteiger partial charge is 0.261 e. The molecule has 9 nitrogen and oxygen atoms in total. The van der Waals surface area contributed by atoms with Gasteiger partial charge >= 0.3 is 0 Å². The molecule has 9 heteroatoms. The molecule has 4 aromatic rings. The standard InChI is InChI=1S/C29H27N5O4/c1-18-25(29(36)33-21-12-8-5-9-13-21)26(19-14-15-23(37-2)24(16-19)38-3)34-27(31-18)22(17-30-34)28(35)32-20-10-6-4-7-11-20/h4-17,26,31H,1-3H3,(H,32,35)(H,33,36)/t26-/m0/s1. The van der Waals surface area contributed by atoms with Crippen molar-refractivity contribution in [1.82, 2.24) is 9.78 Å². The molecule has 1 aromatic heterocycles. The minimum absolute atomic E-state index is 0.294. The van der Waals surface area contributed by atoms with Crippen LogP contribution in [-0.2, 0) is 4.79 Å². The van der Waals surface area contributed by atoms with Gasteiger partial charge in [0.05, 0.1) is 26.0 Å². The topological polar surface area (TPSA) is 107 Å². The predicted molar refractivity (Wildman–Crippen MR) is 146 cm³/mol. The van der Waals surface area contributed by atoms with Crippen molar-refractivity contribution < 1.29 is 19.1 Å². The second kappa shape index (κ2) is 10.5. The number of para-hydroxylation sites is 2. The molecule has 0 aliphatic carbocycles. The van der Waals surface area contributed by atoms with E-state index in [0.717, 1.165) is 5.56 Å². The van der Waals surface area contributed by atoms with Crippen LogP contribution in [0, 0.1) is 0 Å². The third-order valence-corrected chi connectivity index (χ3v) is 6.30. The van der Waals surface area contributed by atoms with Crippen LogP contribution in [0.25, 0.3) is 0 Å². The largest absolute Gasteiger partial charge is 0.493 e. The summed E-state index contributed by atoms with van der Waals surface area (Å²) in [5, 5.41) is 13.7. The van der Waals surface area contributed by atoms with Crippen molar-refractivity contribution in [2.75, 3.05) is 30.2 Å². The van der Waals surface area contributed by atoms with Crippen LogP contribution in [0.4, 0.5) is 17.2 Å². The molecule has 3 aromatic carbocycles. The zero-order chi connectivity index (χ0) is 26.6. The molecule has 1 aliphatic rings. The lowest BCUT2D eigenvalue weighted by Gasteiger charge is -2.30. The van der Waals surface area contributed by atoms with Gasteiger partial charge in [-0.2, -0.15) is 5.10 Å². The summed E-state index contributed by atoms with van der Waals surface area (Å²) in [5.41, 5.74) is 3.46. The summed E-state index contributed by atoms with van der Waals surface area (Å²) in [6, 6.07) is 23.2. The maximum atomic E-state index is 13.6. The van der Waals surface area contributed by atoms with Gasteiger partial charge in [-0.15, -0.1) is 0 Å². The SMILES string of the molecule is COc1ccc([C@H]2C(C(=O)Nc3ccccc3)=C(C)Nc3c(C(=O)Nc4ccccc4)cnn32)cc1OC. The van der Waals surface area contributed by atoms with Crippen molar-refractivity contribution >= 4 is 29.0 Å². The van der Waals surface area contributed by atoms with Crippen molar-refractivity contribution in [3.05, 3.63) is 107 Å². The van der Waals surface area contributed by atoms with Gasteiger partial charge < -0.3 is 25.4 Å². The van der Waals surface area contributed by atoms with Crippen LogP contribution >= 0.6 is 0 Å². The number of anilines is 3. The average molecular weight is 510 g/mol. The fraction of sp³-hybridized carbons (Fsp3) is 0.138. The highest BCUT2D eigenvalue weighted by molar-refractivity contribution is 6.09. The fourth-order valence-corrected chi connectivity index (χ4v) is 4.49. The van der Waals surface area contributed by atoms with E-state index in [9.17, 15) is 9.59 Å². The summed E-state index contributed by atoms with van der Waals surface area (Å²) in [7, 11) is 3.12. The molecule has 0 saturated carbocycles. The fourth-order valence-electron chi connectivity index (χ4n) is 4.49. The lowest BCUT2D eigenvalue weighted by Crippen LogP contribution is -2.32. The third kappa shape index (κ3) is 4.69. The van der Waals surface area contributed by atoms with Gasteiger partial charge in [-0.25, -0.2) is 4.68 Å². The van der Waals surface area contributed by atoms with Crippen LogP contribution in [0.15, 0.2) is 96.3 Å². The molecule has 5 rings (SSSR count). The number of aromatic nitrogens is 2. The first kappa shape index (κ1) is 24.6. The Balaban J connectivity index is 1.58. The number of carbonyl (C=O) groups excluding carboxylic acids is 2. The first-order chi connectivity index (χ1) is 18.5. The van der Waals surface area contributed by atoms with E-state index < -0.39 is 6.04 Å². The van der Waals surface area contributed by atoms with E-state index in [-0.39, 0.29) is 11.8 Å². The van der Waals surface area contributed by atoms with E-state index >= 15 is 0 Å². The van der Waals surface area contributed by atoms with E-state index in [1.165, 1.54) is 6.20 Å². The number of ether oxygens (including phenoxy) is 2. The molecule has 0 spiro atoms. The highest BCUT2D eigenvalue weighted by atomic mass is 16.5. The number of hydrogen-bond donors (Lipinski definition) is 3. The number of carbonyl (C=O) groups is 2. The molecule has 3 N–H and O–H groups in total. The van der Waals surface area contributed by atoms with Gasteiger partial charge in [-0.1, -0.05) is 42.5 Å². The van der Waals surface area contributed by atoms with Gasteiger partial charge in [0.15, 0.2) is 11.5 Å². The number of nitrogens with one attached hydrogen (secondary N) is 3. The molecule has 1 atom stereocenters. The lowest BCUT2D eigenvalue weighted by molar-refractivity contribution is -0.113. The van der Waals surface area contributed by atoms with Gasteiger partial charge in [0.25, 0.3) is 11.8 Å². The average Bonchev–Trinajstić information content (AvgIpc) is 3.36. The highest BCUT2D eigenvalue weighted by Crippen LogP contribution is 2.40. The first-order valence-electron chi connectivity index (χ1n) is 12.0. The van der Waals surface area contributed by atoms with E-state index in [1.54, 1.807) is 25.0 Å². The second-order valence-electron chi connectivity index (χ2n) is 8.67. The molecule has 0 bridgehead atoms. The summed E-state index contributed by atoms with van der Waals surface area (Å²) in [6.45, 7) is 1.81. The van der Waals surface area contributed by atoms with Crippen molar-refractivity contribution in [2.24, 2.45) is 0 Å². The first-order valence-corrected chi connectivity index (χ1v) is 12.0. The second-order valence-corrected chi connectivity index (χ2v) is 8.67. The number of benzene rings is 3. The lowest BCUT2D eigenvalue weighted by atomic mass is 9.94. The monoisotopic (exact) mass is 509 g/mol. The number of amides is 2. The summed E-state index contributed by atoms with van der Waals surface area (Å²) in [6.07, 6.45) is 1.50. The molecule has 2 heterocycles. The normalized spacial score (nSPS) is 14.2. The molecular weight excluding hydrogens is 482 g/mol. The van der Waals surface area contributed by atoms with Gasteiger partial charge in [0.2, 0.25) is 0 Å². The van der Waals surface area contributed by atoms with Gasteiger partial charge in [0.1, 0.15) is 17.4 Å². The van der Waals surface area contributed by atoms with Crippen LogP contribution in [0.2, 0.25) is 0 Å². The molecule has 0 saturated heterocycles. The highest BCUT2D eigenvalue weighted by Gasteiger charge is 2.35.